The summed E-state index contributed by atoms with van der Waals surface area (Å²) in [7, 11) is 5.33. The number of ether oxygens (including phenoxy) is 2. The molecule has 1 aliphatic rings. The summed E-state index contributed by atoms with van der Waals surface area (Å²) in [5.41, 5.74) is 0.749. The zero-order chi connectivity index (χ0) is 18.5. The van der Waals surface area contributed by atoms with Crippen LogP contribution in [0, 0.1) is 0 Å². The van der Waals surface area contributed by atoms with E-state index in [-0.39, 0.29) is 5.78 Å². The first-order valence-corrected chi connectivity index (χ1v) is 9.29. The molecule has 0 atom stereocenters. The molecular weight excluding hydrogens is 352 g/mol. The molecule has 2 aromatic rings. The quantitative estimate of drug-likeness (QED) is 0.744. The Labute approximate surface area is 157 Å². The second-order valence-corrected chi connectivity index (χ2v) is 7.25. The van der Waals surface area contributed by atoms with E-state index in [1.807, 2.05) is 18.2 Å². The van der Waals surface area contributed by atoms with Crippen LogP contribution < -0.4 is 14.8 Å². The molecule has 1 aromatic carbocycles. The highest BCUT2D eigenvalue weighted by molar-refractivity contribution is 7.17. The molecule has 2 heterocycles. The second kappa shape index (κ2) is 8.48. The van der Waals surface area contributed by atoms with Gasteiger partial charge >= 0.3 is 0 Å². The topological polar surface area (TPSA) is 66.9 Å². The van der Waals surface area contributed by atoms with Crippen LogP contribution in [0.15, 0.2) is 24.4 Å². The van der Waals surface area contributed by atoms with Gasteiger partial charge in [-0.25, -0.2) is 4.98 Å². The molecular formula is C18H24N4O3S. The number of nitrogens with zero attached hydrogens (tertiary/aromatic N) is 3. The number of nitrogens with one attached hydrogen (secondary N) is 1. The van der Waals surface area contributed by atoms with E-state index in [9.17, 15) is 4.79 Å². The van der Waals surface area contributed by atoms with E-state index in [1.165, 1.54) is 11.3 Å². The number of piperazine rings is 1. The minimum Gasteiger partial charge on any atom is -0.497 e. The van der Waals surface area contributed by atoms with E-state index in [0.29, 0.717) is 22.3 Å². The number of thiazole rings is 1. The van der Waals surface area contributed by atoms with Gasteiger partial charge in [0.15, 0.2) is 10.9 Å². The van der Waals surface area contributed by atoms with E-state index >= 15 is 0 Å². The van der Waals surface area contributed by atoms with Crippen LogP contribution in [-0.2, 0) is 0 Å². The van der Waals surface area contributed by atoms with Crippen LogP contribution in [0.4, 0.5) is 10.8 Å². The third-order valence-electron chi connectivity index (χ3n) is 4.39. The van der Waals surface area contributed by atoms with E-state index in [1.54, 1.807) is 20.4 Å². The molecule has 0 spiro atoms. The Morgan fingerprint density at radius 3 is 2.69 bits per heavy atom. The first-order valence-electron chi connectivity index (χ1n) is 8.48. The van der Waals surface area contributed by atoms with E-state index < -0.39 is 0 Å². The Balaban J connectivity index is 1.65. The van der Waals surface area contributed by atoms with Gasteiger partial charge in [-0.2, -0.15) is 0 Å². The number of likely N-dealkylation sites (N-methyl/N-ethyl adjacent to an activating group) is 1. The summed E-state index contributed by atoms with van der Waals surface area (Å²) in [6.45, 7) is 4.29. The summed E-state index contributed by atoms with van der Waals surface area (Å²) in [5, 5.41) is 3.86. The van der Waals surface area contributed by atoms with Crippen molar-refractivity contribution in [2.45, 2.75) is 0 Å². The van der Waals surface area contributed by atoms with E-state index in [4.69, 9.17) is 9.47 Å². The van der Waals surface area contributed by atoms with Crippen LogP contribution in [0.25, 0.3) is 0 Å². The lowest BCUT2D eigenvalue weighted by molar-refractivity contribution is 0.0880. The Bertz CT molecular complexity index is 757. The number of methoxy groups -OCH3 is 2. The summed E-state index contributed by atoms with van der Waals surface area (Å²) in [6.07, 6.45) is 1.64. The molecule has 7 nitrogen and oxygen atoms in total. The van der Waals surface area contributed by atoms with Crippen molar-refractivity contribution in [1.29, 1.82) is 0 Å². The number of ketones is 1. The standard InChI is InChI=1S/C18H24N4O3S/c1-21-6-8-22(9-7-21)12-15(23)17-11-19-18(26-17)20-14-10-13(24-2)4-5-16(14)25-3/h4-5,10-11H,6-9,12H2,1-3H3,(H,19,20). The Hall–Kier alpha value is -2.16. The van der Waals surface area contributed by atoms with Crippen LogP contribution in [0.3, 0.4) is 0 Å². The largest absolute Gasteiger partial charge is 0.497 e. The minimum atomic E-state index is 0.109. The van der Waals surface area contributed by atoms with Crippen molar-refractivity contribution in [3.8, 4) is 11.5 Å². The van der Waals surface area contributed by atoms with Crippen LogP contribution in [0.1, 0.15) is 9.67 Å². The maximum absolute atomic E-state index is 12.5. The Kier molecular flexibility index (Phi) is 6.08. The van der Waals surface area contributed by atoms with Gasteiger partial charge < -0.3 is 19.7 Å². The normalized spacial score (nSPS) is 15.7. The third-order valence-corrected chi connectivity index (χ3v) is 5.35. The average Bonchev–Trinajstić information content (AvgIpc) is 3.12. The van der Waals surface area contributed by atoms with Gasteiger partial charge in [-0.05, 0) is 19.2 Å². The summed E-state index contributed by atoms with van der Waals surface area (Å²) in [5.74, 6) is 1.51. The van der Waals surface area contributed by atoms with Crippen molar-refractivity contribution >= 4 is 27.9 Å². The maximum atomic E-state index is 12.5. The molecule has 1 fully saturated rings. The van der Waals surface area contributed by atoms with Crippen molar-refractivity contribution < 1.29 is 14.3 Å². The van der Waals surface area contributed by atoms with Crippen LogP contribution >= 0.6 is 11.3 Å². The van der Waals surface area contributed by atoms with Crippen molar-refractivity contribution in [3.05, 3.63) is 29.3 Å². The summed E-state index contributed by atoms with van der Waals surface area (Å²) in [6, 6.07) is 5.50. The number of benzene rings is 1. The van der Waals surface area contributed by atoms with E-state index in [0.717, 1.165) is 37.6 Å². The summed E-state index contributed by atoms with van der Waals surface area (Å²) < 4.78 is 10.6. The molecule has 0 unspecified atom stereocenters. The molecule has 0 radical (unpaired) electrons. The fourth-order valence-corrected chi connectivity index (χ4v) is 3.53. The smallest absolute Gasteiger partial charge is 0.188 e. The fraction of sp³-hybridized carbons (Fsp3) is 0.444. The number of Topliss-reactive ketones (excluding diaryl/α,β-unsaturated/α-hetero) is 1. The number of carbonyl (C=O) groups is 1. The lowest BCUT2D eigenvalue weighted by Crippen LogP contribution is -2.46. The predicted octanol–water partition coefficient (Wildman–Crippen LogP) is 2.33. The molecule has 140 valence electrons. The van der Waals surface area contributed by atoms with Crippen LogP contribution in [-0.4, -0.2) is 74.6 Å². The van der Waals surface area contributed by atoms with E-state index in [2.05, 4.69) is 27.1 Å². The van der Waals surface area contributed by atoms with Gasteiger partial charge in [0.2, 0.25) is 0 Å². The summed E-state index contributed by atoms with van der Waals surface area (Å²) >= 11 is 1.35. The Morgan fingerprint density at radius 1 is 1.23 bits per heavy atom. The highest BCUT2D eigenvalue weighted by atomic mass is 32.1. The van der Waals surface area contributed by atoms with Gasteiger partial charge in [-0.3, -0.25) is 9.69 Å². The van der Waals surface area contributed by atoms with Gasteiger partial charge in [-0.1, -0.05) is 11.3 Å². The Morgan fingerprint density at radius 2 is 2.00 bits per heavy atom. The molecule has 0 aliphatic carbocycles. The van der Waals surface area contributed by atoms with Gasteiger partial charge in [0, 0.05) is 32.2 Å². The molecule has 26 heavy (non-hydrogen) atoms. The number of anilines is 2. The van der Waals surface area contributed by atoms with Gasteiger partial charge in [0.05, 0.1) is 37.5 Å². The molecule has 1 saturated heterocycles. The lowest BCUT2D eigenvalue weighted by Gasteiger charge is -2.31. The number of carbonyl (C=O) groups excluding carboxylic acids is 1. The number of hydrogen-bond acceptors (Lipinski definition) is 8. The van der Waals surface area contributed by atoms with Crippen LogP contribution in [0.5, 0.6) is 11.5 Å². The molecule has 1 N–H and O–H groups in total. The third kappa shape index (κ3) is 4.51. The predicted molar refractivity (Wildman–Crippen MR) is 103 cm³/mol. The SMILES string of the molecule is COc1ccc(OC)c(Nc2ncc(C(=O)CN3CCN(C)CC3)s2)c1. The van der Waals surface area contributed by atoms with Crippen molar-refractivity contribution in [2.24, 2.45) is 0 Å². The lowest BCUT2D eigenvalue weighted by atomic mass is 10.2. The van der Waals surface area contributed by atoms with Crippen molar-refractivity contribution in [2.75, 3.05) is 59.3 Å². The second-order valence-electron chi connectivity index (χ2n) is 6.22. The van der Waals surface area contributed by atoms with Gasteiger partial charge in [0.1, 0.15) is 11.5 Å². The highest BCUT2D eigenvalue weighted by Gasteiger charge is 2.19. The monoisotopic (exact) mass is 376 g/mol. The van der Waals surface area contributed by atoms with Gasteiger partial charge in [-0.15, -0.1) is 0 Å². The van der Waals surface area contributed by atoms with Gasteiger partial charge in [0.25, 0.3) is 0 Å². The first kappa shape index (κ1) is 18.6. The fourth-order valence-electron chi connectivity index (χ4n) is 2.77. The molecule has 8 heteroatoms. The number of rotatable bonds is 7. The first-order chi connectivity index (χ1) is 12.6. The molecule has 0 saturated carbocycles. The molecule has 3 rings (SSSR count). The maximum Gasteiger partial charge on any atom is 0.188 e. The summed E-state index contributed by atoms with van der Waals surface area (Å²) in [4.78, 5) is 22.0. The number of hydrogen-bond donors (Lipinski definition) is 1. The zero-order valence-corrected chi connectivity index (χ0v) is 16.1. The number of aromatic nitrogens is 1. The highest BCUT2D eigenvalue weighted by Crippen LogP contribution is 2.33. The molecule has 1 aliphatic heterocycles. The molecule has 0 amide bonds. The van der Waals surface area contributed by atoms with Crippen molar-refractivity contribution in [3.63, 3.8) is 0 Å². The zero-order valence-electron chi connectivity index (χ0n) is 15.3. The molecule has 1 aromatic heterocycles. The van der Waals surface area contributed by atoms with Crippen molar-refractivity contribution in [1.82, 2.24) is 14.8 Å². The van der Waals surface area contributed by atoms with Crippen LogP contribution in [0.2, 0.25) is 0 Å². The average molecular weight is 376 g/mol. The minimum absolute atomic E-state index is 0.109. The molecule has 0 bridgehead atoms.